The van der Waals surface area contributed by atoms with Crippen LogP contribution in [0.1, 0.15) is 30.2 Å². The molecular formula is C22H26N4O4S. The Morgan fingerprint density at radius 3 is 2.58 bits per heavy atom. The van der Waals surface area contributed by atoms with Crippen LogP contribution in [0.3, 0.4) is 0 Å². The van der Waals surface area contributed by atoms with Crippen LogP contribution < -0.4 is 5.32 Å². The molecule has 0 atom stereocenters. The van der Waals surface area contributed by atoms with Crippen molar-refractivity contribution in [3.05, 3.63) is 65.1 Å². The third-order valence-electron chi connectivity index (χ3n) is 5.53. The Balaban J connectivity index is 1.46. The molecule has 2 aliphatic heterocycles. The molecule has 4 rings (SSSR count). The first-order valence-corrected chi connectivity index (χ1v) is 11.7. The number of nitrogens with zero attached hydrogens (tertiary/aromatic N) is 3. The van der Waals surface area contributed by atoms with E-state index in [2.05, 4.69) is 9.71 Å². The average molecular weight is 443 g/mol. The fraction of sp³-hybridized carbons (Fsp3) is 0.364. The van der Waals surface area contributed by atoms with Crippen LogP contribution in [0, 0.1) is 6.92 Å². The van der Waals surface area contributed by atoms with Gasteiger partial charge in [-0.05, 0) is 38.0 Å². The van der Waals surface area contributed by atoms with E-state index in [1.165, 1.54) is 0 Å². The van der Waals surface area contributed by atoms with Gasteiger partial charge in [-0.1, -0.05) is 29.8 Å². The Morgan fingerprint density at radius 2 is 1.87 bits per heavy atom. The SMILES string of the molecule is CC1=C(c2ccc(C)cc2)S(=O)(=O)N=C1N1CCCN(C(=O)NCc2ccco2)CC1. The molecule has 1 fully saturated rings. The molecule has 3 heterocycles. The average Bonchev–Trinajstić information content (AvgIpc) is 3.24. The van der Waals surface area contributed by atoms with Crippen LogP contribution in [-0.2, 0) is 16.6 Å². The lowest BCUT2D eigenvalue weighted by atomic mass is 10.1. The predicted octanol–water partition coefficient (Wildman–Crippen LogP) is 2.98. The number of benzene rings is 1. The molecule has 8 nitrogen and oxygen atoms in total. The topological polar surface area (TPSA) is 95.2 Å². The van der Waals surface area contributed by atoms with E-state index in [9.17, 15) is 13.2 Å². The number of aryl methyl sites for hydroxylation is 1. The number of sulfonamides is 1. The Labute approximate surface area is 182 Å². The third-order valence-corrected chi connectivity index (χ3v) is 7.00. The summed E-state index contributed by atoms with van der Waals surface area (Å²) in [5, 5.41) is 2.86. The van der Waals surface area contributed by atoms with E-state index in [0.29, 0.717) is 55.5 Å². The molecule has 164 valence electrons. The van der Waals surface area contributed by atoms with Gasteiger partial charge in [-0.2, -0.15) is 8.42 Å². The molecule has 1 aromatic heterocycles. The van der Waals surface area contributed by atoms with E-state index in [1.807, 2.05) is 42.2 Å². The first kappa shape index (κ1) is 21.2. The maximum atomic E-state index is 12.8. The van der Waals surface area contributed by atoms with Crippen molar-refractivity contribution >= 4 is 26.8 Å². The zero-order chi connectivity index (χ0) is 22.0. The minimum atomic E-state index is -3.75. The summed E-state index contributed by atoms with van der Waals surface area (Å²) in [6, 6.07) is 10.9. The Morgan fingerprint density at radius 1 is 1.10 bits per heavy atom. The highest BCUT2D eigenvalue weighted by atomic mass is 32.2. The van der Waals surface area contributed by atoms with E-state index in [-0.39, 0.29) is 10.9 Å². The van der Waals surface area contributed by atoms with Crippen LogP contribution in [0.2, 0.25) is 0 Å². The zero-order valence-corrected chi connectivity index (χ0v) is 18.5. The van der Waals surface area contributed by atoms with Gasteiger partial charge in [0.1, 0.15) is 16.5 Å². The third kappa shape index (κ3) is 4.51. The summed E-state index contributed by atoms with van der Waals surface area (Å²) >= 11 is 0. The van der Waals surface area contributed by atoms with Gasteiger partial charge >= 0.3 is 6.03 Å². The van der Waals surface area contributed by atoms with Crippen LogP contribution in [0.5, 0.6) is 0 Å². The van der Waals surface area contributed by atoms with E-state index < -0.39 is 10.0 Å². The van der Waals surface area contributed by atoms with Crippen LogP contribution in [0.25, 0.3) is 4.91 Å². The van der Waals surface area contributed by atoms with Gasteiger partial charge < -0.3 is 19.5 Å². The van der Waals surface area contributed by atoms with Crippen molar-refractivity contribution in [2.24, 2.45) is 4.40 Å². The molecule has 0 radical (unpaired) electrons. The van der Waals surface area contributed by atoms with E-state index >= 15 is 0 Å². The molecule has 0 spiro atoms. The summed E-state index contributed by atoms with van der Waals surface area (Å²) in [6.45, 7) is 6.32. The van der Waals surface area contributed by atoms with Crippen LogP contribution in [-0.4, -0.2) is 56.3 Å². The number of amidine groups is 1. The molecule has 0 aliphatic carbocycles. The first-order chi connectivity index (χ1) is 14.8. The molecule has 9 heteroatoms. The summed E-state index contributed by atoms with van der Waals surface area (Å²) in [7, 11) is -3.75. The van der Waals surface area contributed by atoms with Crippen LogP contribution in [0.15, 0.2) is 57.0 Å². The normalized spacial score (nSPS) is 18.7. The van der Waals surface area contributed by atoms with Crippen molar-refractivity contribution in [2.75, 3.05) is 26.2 Å². The highest BCUT2D eigenvalue weighted by molar-refractivity contribution is 8.00. The molecule has 1 saturated heterocycles. The first-order valence-electron chi connectivity index (χ1n) is 10.3. The van der Waals surface area contributed by atoms with Crippen molar-refractivity contribution in [2.45, 2.75) is 26.8 Å². The summed E-state index contributed by atoms with van der Waals surface area (Å²) in [6.07, 6.45) is 2.29. The second-order valence-corrected chi connectivity index (χ2v) is 9.32. The maximum Gasteiger partial charge on any atom is 0.317 e. The molecule has 1 N–H and O–H groups in total. The monoisotopic (exact) mass is 442 g/mol. The van der Waals surface area contributed by atoms with Crippen molar-refractivity contribution in [3.8, 4) is 0 Å². The van der Waals surface area contributed by atoms with Gasteiger partial charge in [0, 0.05) is 31.8 Å². The van der Waals surface area contributed by atoms with Crippen molar-refractivity contribution in [1.29, 1.82) is 0 Å². The Hall–Kier alpha value is -3.07. The largest absolute Gasteiger partial charge is 0.467 e. The summed E-state index contributed by atoms with van der Waals surface area (Å²) in [4.78, 5) is 16.5. The van der Waals surface area contributed by atoms with Gasteiger partial charge in [0.05, 0.1) is 12.8 Å². The highest BCUT2D eigenvalue weighted by Crippen LogP contribution is 2.33. The quantitative estimate of drug-likeness (QED) is 0.789. The number of urea groups is 1. The molecule has 1 aromatic carbocycles. The van der Waals surface area contributed by atoms with Crippen molar-refractivity contribution in [1.82, 2.24) is 15.1 Å². The molecular weight excluding hydrogens is 416 g/mol. The maximum absolute atomic E-state index is 12.8. The lowest BCUT2D eigenvalue weighted by Gasteiger charge is -2.23. The lowest BCUT2D eigenvalue weighted by Crippen LogP contribution is -2.42. The molecule has 2 aliphatic rings. The number of carbonyl (C=O) groups excluding carboxylic acids is 1. The Bertz CT molecular complexity index is 1120. The fourth-order valence-corrected chi connectivity index (χ4v) is 5.39. The number of nitrogens with one attached hydrogen (secondary N) is 1. The van der Waals surface area contributed by atoms with Gasteiger partial charge in [0.2, 0.25) is 0 Å². The summed E-state index contributed by atoms with van der Waals surface area (Å²) in [5.41, 5.74) is 2.37. The molecule has 0 saturated carbocycles. The van der Waals surface area contributed by atoms with Gasteiger partial charge in [0.25, 0.3) is 10.0 Å². The van der Waals surface area contributed by atoms with E-state index in [1.54, 1.807) is 24.2 Å². The number of rotatable bonds is 3. The fourth-order valence-electron chi connectivity index (χ4n) is 3.91. The smallest absolute Gasteiger partial charge is 0.317 e. The standard InChI is InChI=1S/C22H26N4O4S/c1-16-6-8-18(9-7-16)20-17(2)21(24-31(20,28)29)25-10-4-11-26(13-12-25)22(27)23-15-19-5-3-14-30-19/h3,5-9,14H,4,10-13,15H2,1-2H3,(H,23,27). The van der Waals surface area contributed by atoms with Crippen molar-refractivity contribution < 1.29 is 17.6 Å². The number of furan rings is 1. The number of carbonyl (C=O) groups is 1. The second-order valence-electron chi connectivity index (χ2n) is 7.78. The molecule has 2 aromatic rings. The molecule has 2 amide bonds. The molecule has 0 bridgehead atoms. The number of amides is 2. The highest BCUT2D eigenvalue weighted by Gasteiger charge is 2.34. The number of hydrogen-bond donors (Lipinski definition) is 1. The minimum absolute atomic E-state index is 0.160. The molecule has 0 unspecified atom stereocenters. The summed E-state index contributed by atoms with van der Waals surface area (Å²) in [5.74, 6) is 1.17. The van der Waals surface area contributed by atoms with E-state index in [0.717, 1.165) is 12.0 Å². The molecule has 31 heavy (non-hydrogen) atoms. The van der Waals surface area contributed by atoms with Crippen molar-refractivity contribution in [3.63, 3.8) is 0 Å². The summed E-state index contributed by atoms with van der Waals surface area (Å²) < 4.78 is 35.0. The van der Waals surface area contributed by atoms with Gasteiger partial charge in [-0.25, -0.2) is 4.79 Å². The van der Waals surface area contributed by atoms with E-state index in [4.69, 9.17) is 4.42 Å². The minimum Gasteiger partial charge on any atom is -0.467 e. The second kappa shape index (κ2) is 8.58. The van der Waals surface area contributed by atoms with Gasteiger partial charge in [0.15, 0.2) is 0 Å². The van der Waals surface area contributed by atoms with Crippen LogP contribution in [0.4, 0.5) is 4.79 Å². The Kier molecular flexibility index (Phi) is 5.86. The lowest BCUT2D eigenvalue weighted by molar-refractivity contribution is 0.199. The predicted molar refractivity (Wildman–Crippen MR) is 119 cm³/mol. The van der Waals surface area contributed by atoms with Gasteiger partial charge in [-0.3, -0.25) is 0 Å². The number of hydrogen-bond acceptors (Lipinski definition) is 5. The van der Waals surface area contributed by atoms with Crippen LogP contribution >= 0.6 is 0 Å². The zero-order valence-electron chi connectivity index (χ0n) is 17.7. The van der Waals surface area contributed by atoms with Gasteiger partial charge in [-0.15, -0.1) is 4.40 Å².